The van der Waals surface area contributed by atoms with Gasteiger partial charge < -0.3 is 10.1 Å². The summed E-state index contributed by atoms with van der Waals surface area (Å²) in [5.41, 5.74) is 0.980. The number of hydrogen-bond donors (Lipinski definition) is 1. The predicted octanol–water partition coefficient (Wildman–Crippen LogP) is 2.27. The zero-order chi connectivity index (χ0) is 11.4. The fourth-order valence-corrected chi connectivity index (χ4v) is 2.21. The number of methoxy groups -OCH3 is 1. The second-order valence-corrected chi connectivity index (χ2v) is 4.27. The Bertz CT molecular complexity index is 462. The molecule has 0 saturated heterocycles. The number of hydrogen-bond acceptors (Lipinski definition) is 5. The summed E-state index contributed by atoms with van der Waals surface area (Å²) >= 11 is 1.58. The normalized spacial score (nSPS) is 10.3. The fraction of sp³-hybridized carbons (Fsp3) is 0.273. The quantitative estimate of drug-likeness (QED) is 0.827. The van der Waals surface area contributed by atoms with Crippen LogP contribution in [0, 0.1) is 0 Å². The topological polar surface area (TPSA) is 51.2 Å². The van der Waals surface area contributed by atoms with Crippen molar-refractivity contribution in [3.63, 3.8) is 0 Å². The fourth-order valence-electron chi connectivity index (χ4n) is 1.32. The van der Waals surface area contributed by atoms with Crippen LogP contribution in [-0.4, -0.2) is 24.6 Å². The molecule has 0 aliphatic rings. The van der Waals surface area contributed by atoms with E-state index in [1.807, 2.05) is 24.3 Å². The van der Waals surface area contributed by atoms with Gasteiger partial charge in [0, 0.05) is 6.54 Å². The average Bonchev–Trinajstić information content (AvgIpc) is 2.71. The number of carbonyl (C=O) groups excluding carboxylic acids is 1. The molecule has 1 N–H and O–H groups in total. The molecule has 4 nitrogen and oxygen atoms in total. The number of ether oxygens (including phenoxy) is 1. The van der Waals surface area contributed by atoms with Crippen LogP contribution in [0.1, 0.15) is 6.42 Å². The van der Waals surface area contributed by atoms with E-state index in [0.29, 0.717) is 13.0 Å². The van der Waals surface area contributed by atoms with Crippen molar-refractivity contribution in [3.05, 3.63) is 24.3 Å². The monoisotopic (exact) mass is 236 g/mol. The Morgan fingerprint density at radius 3 is 3.06 bits per heavy atom. The van der Waals surface area contributed by atoms with Crippen molar-refractivity contribution in [2.24, 2.45) is 0 Å². The maximum absolute atomic E-state index is 10.9. The first-order chi connectivity index (χ1) is 7.79. The summed E-state index contributed by atoms with van der Waals surface area (Å²) < 4.78 is 5.69. The van der Waals surface area contributed by atoms with Gasteiger partial charge in [0.1, 0.15) is 0 Å². The van der Waals surface area contributed by atoms with Gasteiger partial charge in [-0.25, -0.2) is 4.98 Å². The summed E-state index contributed by atoms with van der Waals surface area (Å²) in [6, 6.07) is 7.94. The number of carbonyl (C=O) groups is 1. The number of nitrogens with zero attached hydrogens (tertiary/aromatic N) is 1. The van der Waals surface area contributed by atoms with Crippen molar-refractivity contribution < 1.29 is 9.53 Å². The SMILES string of the molecule is COC(=O)CCNc1nc2ccccc2s1. The molecule has 1 aromatic heterocycles. The molecule has 0 spiro atoms. The zero-order valence-electron chi connectivity index (χ0n) is 8.90. The molecule has 5 heteroatoms. The summed E-state index contributed by atoms with van der Waals surface area (Å²) in [7, 11) is 1.39. The Morgan fingerprint density at radius 1 is 1.50 bits per heavy atom. The lowest BCUT2D eigenvalue weighted by atomic mass is 10.3. The Kier molecular flexibility index (Phi) is 3.36. The Hall–Kier alpha value is -1.62. The number of aromatic nitrogens is 1. The van der Waals surface area contributed by atoms with Gasteiger partial charge in [0.2, 0.25) is 0 Å². The van der Waals surface area contributed by atoms with E-state index in [1.165, 1.54) is 7.11 Å². The molecule has 1 aromatic carbocycles. The summed E-state index contributed by atoms with van der Waals surface area (Å²) in [5.74, 6) is -0.214. The molecule has 0 amide bonds. The first kappa shape index (κ1) is 10.9. The maximum Gasteiger partial charge on any atom is 0.307 e. The molecular weight excluding hydrogens is 224 g/mol. The number of esters is 1. The van der Waals surface area contributed by atoms with Crippen LogP contribution in [0.2, 0.25) is 0 Å². The first-order valence-electron chi connectivity index (χ1n) is 4.96. The standard InChI is InChI=1S/C11H12N2O2S/c1-15-10(14)6-7-12-11-13-8-4-2-3-5-9(8)16-11/h2-5H,6-7H2,1H3,(H,12,13). The molecule has 0 atom stereocenters. The Balaban J connectivity index is 1.97. The van der Waals surface area contributed by atoms with Crippen molar-refractivity contribution in [3.8, 4) is 0 Å². The van der Waals surface area contributed by atoms with E-state index in [1.54, 1.807) is 11.3 Å². The zero-order valence-corrected chi connectivity index (χ0v) is 9.71. The van der Waals surface area contributed by atoms with Crippen LogP contribution >= 0.6 is 11.3 Å². The minimum Gasteiger partial charge on any atom is -0.469 e. The van der Waals surface area contributed by atoms with Crippen LogP contribution in [0.25, 0.3) is 10.2 Å². The molecule has 0 saturated carbocycles. The van der Waals surface area contributed by atoms with Crippen molar-refractivity contribution in [2.45, 2.75) is 6.42 Å². The van der Waals surface area contributed by atoms with Gasteiger partial charge >= 0.3 is 5.97 Å². The molecule has 0 bridgehead atoms. The van der Waals surface area contributed by atoms with Crippen LogP contribution in [0.4, 0.5) is 5.13 Å². The second-order valence-electron chi connectivity index (χ2n) is 3.24. The lowest BCUT2D eigenvalue weighted by molar-refractivity contribution is -0.140. The number of nitrogens with one attached hydrogen (secondary N) is 1. The van der Waals surface area contributed by atoms with Crippen LogP contribution < -0.4 is 5.32 Å². The molecule has 2 rings (SSSR count). The minimum atomic E-state index is -0.214. The third-order valence-electron chi connectivity index (χ3n) is 2.13. The summed E-state index contributed by atoms with van der Waals surface area (Å²) in [6.45, 7) is 0.548. The molecule has 84 valence electrons. The maximum atomic E-state index is 10.9. The number of anilines is 1. The molecule has 0 aliphatic carbocycles. The molecular formula is C11H12N2O2S. The highest BCUT2D eigenvalue weighted by Gasteiger charge is 2.03. The molecule has 0 fully saturated rings. The lowest BCUT2D eigenvalue weighted by Gasteiger charge is -2.00. The van der Waals surface area contributed by atoms with Crippen LogP contribution in [0.15, 0.2) is 24.3 Å². The Morgan fingerprint density at radius 2 is 2.31 bits per heavy atom. The van der Waals surface area contributed by atoms with Crippen molar-refractivity contribution >= 4 is 32.7 Å². The molecule has 16 heavy (non-hydrogen) atoms. The van der Waals surface area contributed by atoms with E-state index < -0.39 is 0 Å². The largest absolute Gasteiger partial charge is 0.469 e. The second kappa shape index (κ2) is 4.94. The van der Waals surface area contributed by atoms with Crippen LogP contribution in [0.3, 0.4) is 0 Å². The lowest BCUT2D eigenvalue weighted by Crippen LogP contribution is -2.09. The van der Waals surface area contributed by atoms with Crippen molar-refractivity contribution in [1.29, 1.82) is 0 Å². The smallest absolute Gasteiger partial charge is 0.307 e. The van der Waals surface area contributed by atoms with Crippen LogP contribution in [-0.2, 0) is 9.53 Å². The number of benzene rings is 1. The number of rotatable bonds is 4. The van der Waals surface area contributed by atoms with Gasteiger partial charge in [-0.2, -0.15) is 0 Å². The molecule has 0 aliphatic heterocycles. The van der Waals surface area contributed by atoms with E-state index in [2.05, 4.69) is 15.0 Å². The van der Waals surface area contributed by atoms with E-state index in [0.717, 1.165) is 15.3 Å². The van der Waals surface area contributed by atoms with E-state index >= 15 is 0 Å². The number of thiazole rings is 1. The highest BCUT2D eigenvalue weighted by Crippen LogP contribution is 2.25. The minimum absolute atomic E-state index is 0.214. The highest BCUT2D eigenvalue weighted by molar-refractivity contribution is 7.22. The van der Waals surface area contributed by atoms with Gasteiger partial charge in [0.05, 0.1) is 23.7 Å². The highest BCUT2D eigenvalue weighted by atomic mass is 32.1. The van der Waals surface area contributed by atoms with Gasteiger partial charge in [-0.05, 0) is 12.1 Å². The average molecular weight is 236 g/mol. The van der Waals surface area contributed by atoms with Gasteiger partial charge in [-0.1, -0.05) is 23.5 Å². The third-order valence-corrected chi connectivity index (χ3v) is 3.12. The molecule has 0 unspecified atom stereocenters. The van der Waals surface area contributed by atoms with Crippen molar-refractivity contribution in [2.75, 3.05) is 19.0 Å². The molecule has 0 radical (unpaired) electrons. The van der Waals surface area contributed by atoms with E-state index in [9.17, 15) is 4.79 Å². The molecule has 2 aromatic rings. The van der Waals surface area contributed by atoms with Gasteiger partial charge in [-0.15, -0.1) is 0 Å². The van der Waals surface area contributed by atoms with Gasteiger partial charge in [-0.3, -0.25) is 4.79 Å². The first-order valence-corrected chi connectivity index (χ1v) is 5.77. The predicted molar refractivity (Wildman–Crippen MR) is 64.7 cm³/mol. The van der Waals surface area contributed by atoms with Gasteiger partial charge in [0.25, 0.3) is 0 Å². The van der Waals surface area contributed by atoms with Gasteiger partial charge in [0.15, 0.2) is 5.13 Å². The summed E-state index contributed by atoms with van der Waals surface area (Å²) in [5, 5.41) is 3.94. The van der Waals surface area contributed by atoms with Crippen LogP contribution in [0.5, 0.6) is 0 Å². The number of fused-ring (bicyclic) bond motifs is 1. The van der Waals surface area contributed by atoms with E-state index in [-0.39, 0.29) is 5.97 Å². The van der Waals surface area contributed by atoms with Crippen molar-refractivity contribution in [1.82, 2.24) is 4.98 Å². The molecule has 1 heterocycles. The van der Waals surface area contributed by atoms with E-state index in [4.69, 9.17) is 0 Å². The third kappa shape index (κ3) is 2.49. The number of para-hydroxylation sites is 1. The summed E-state index contributed by atoms with van der Waals surface area (Å²) in [4.78, 5) is 15.3. The Labute approximate surface area is 97.3 Å². The summed E-state index contributed by atoms with van der Waals surface area (Å²) in [6.07, 6.45) is 0.354.